The molecule has 3 heteroatoms. The lowest BCUT2D eigenvalue weighted by molar-refractivity contribution is 1.31. The molecule has 0 aliphatic heterocycles. The van der Waals surface area contributed by atoms with Crippen LogP contribution in [0.2, 0.25) is 0 Å². The molecule has 0 N–H and O–H groups in total. The summed E-state index contributed by atoms with van der Waals surface area (Å²) in [6.45, 7) is 0. The molecule has 0 bridgehead atoms. The van der Waals surface area contributed by atoms with E-state index < -0.39 is 0 Å². The molecule has 47 heavy (non-hydrogen) atoms. The number of hydrogen-bond donors (Lipinski definition) is 0. The largest absolute Gasteiger partial charge is 0.310 e. The van der Waals surface area contributed by atoms with Crippen molar-refractivity contribution in [3.63, 3.8) is 0 Å². The maximum absolute atomic E-state index is 2.44. The van der Waals surface area contributed by atoms with E-state index >= 15 is 0 Å². The molecule has 0 fully saturated rings. The zero-order valence-corrected chi connectivity index (χ0v) is 27.0. The molecule has 0 spiro atoms. The van der Waals surface area contributed by atoms with Crippen molar-refractivity contribution in [3.8, 4) is 11.1 Å². The van der Waals surface area contributed by atoms with E-state index in [2.05, 4.69) is 169 Å². The second kappa shape index (κ2) is 10.5. The molecule has 0 unspecified atom stereocenters. The van der Waals surface area contributed by atoms with E-state index in [1.54, 1.807) is 0 Å². The van der Waals surface area contributed by atoms with Gasteiger partial charge in [-0.25, -0.2) is 0 Å². The lowest BCUT2D eigenvalue weighted by atomic mass is 9.95. The Morgan fingerprint density at radius 3 is 1.77 bits per heavy atom. The van der Waals surface area contributed by atoms with Gasteiger partial charge >= 0.3 is 0 Å². The van der Waals surface area contributed by atoms with Crippen molar-refractivity contribution in [2.75, 3.05) is 4.90 Å². The monoisotopic (exact) mass is 633 g/mol. The Morgan fingerprint density at radius 2 is 0.936 bits per heavy atom. The van der Waals surface area contributed by atoms with Gasteiger partial charge in [-0.2, -0.15) is 0 Å². The van der Waals surface area contributed by atoms with Gasteiger partial charge in [0.1, 0.15) is 0 Å². The standard InChI is InChI=1S/C44H27NS2/c1-2-10-29-25-31(19-17-28(29)9-1)45(32-20-21-38-36-13-5-7-15-41(36)47-44(38)27-32)40-23-22-33(34-11-3-4-12-35(34)40)30-18-24-43-39(26-30)37-14-6-8-16-42(37)46-43/h1-27H. The van der Waals surface area contributed by atoms with Crippen molar-refractivity contribution in [2.24, 2.45) is 0 Å². The molecule has 0 atom stereocenters. The van der Waals surface area contributed by atoms with Crippen LogP contribution in [0.3, 0.4) is 0 Å². The smallest absolute Gasteiger partial charge is 0.0540 e. The van der Waals surface area contributed by atoms with Crippen molar-refractivity contribution in [1.82, 2.24) is 0 Å². The minimum atomic E-state index is 1.15. The number of benzene rings is 8. The minimum absolute atomic E-state index is 1.15. The summed E-state index contributed by atoms with van der Waals surface area (Å²) < 4.78 is 5.28. The Morgan fingerprint density at radius 1 is 0.340 bits per heavy atom. The molecule has 10 rings (SSSR count). The van der Waals surface area contributed by atoms with E-state index in [1.165, 1.54) is 78.7 Å². The van der Waals surface area contributed by atoms with Crippen LogP contribution in [-0.2, 0) is 0 Å². The van der Waals surface area contributed by atoms with Crippen LogP contribution in [0.15, 0.2) is 164 Å². The normalized spacial score (nSPS) is 11.8. The first-order chi connectivity index (χ1) is 23.3. The van der Waals surface area contributed by atoms with Gasteiger partial charge in [0.2, 0.25) is 0 Å². The molecule has 2 aromatic heterocycles. The summed E-state index contributed by atoms with van der Waals surface area (Å²) in [5.74, 6) is 0. The number of hydrogen-bond acceptors (Lipinski definition) is 3. The predicted octanol–water partition coefficient (Wildman–Crippen LogP) is 13.9. The Kier molecular flexibility index (Phi) is 5.98. The molecule has 0 amide bonds. The van der Waals surface area contributed by atoms with Gasteiger partial charge in [0, 0.05) is 57.1 Å². The SMILES string of the molecule is c1ccc2cc(N(c3ccc4c(c3)sc3ccccc34)c3ccc(-c4ccc5sc6ccccc6c5c4)c4ccccc34)ccc2c1. The zero-order valence-electron chi connectivity index (χ0n) is 25.4. The maximum Gasteiger partial charge on any atom is 0.0540 e. The molecule has 0 aliphatic rings. The molecule has 0 aliphatic carbocycles. The highest BCUT2D eigenvalue weighted by Gasteiger charge is 2.19. The van der Waals surface area contributed by atoms with Crippen molar-refractivity contribution in [1.29, 1.82) is 0 Å². The highest BCUT2D eigenvalue weighted by Crippen LogP contribution is 2.45. The highest BCUT2D eigenvalue weighted by molar-refractivity contribution is 7.26. The summed E-state index contributed by atoms with van der Waals surface area (Å²) in [5.41, 5.74) is 5.96. The molecule has 0 radical (unpaired) electrons. The van der Waals surface area contributed by atoms with E-state index in [4.69, 9.17) is 0 Å². The average molecular weight is 634 g/mol. The van der Waals surface area contributed by atoms with Crippen LogP contribution in [0.25, 0.3) is 73.0 Å². The fourth-order valence-corrected chi connectivity index (χ4v) is 9.45. The van der Waals surface area contributed by atoms with E-state index in [0.717, 1.165) is 11.4 Å². The molecule has 8 aromatic carbocycles. The van der Waals surface area contributed by atoms with Gasteiger partial charge in [-0.3, -0.25) is 0 Å². The van der Waals surface area contributed by atoms with Gasteiger partial charge in [-0.15, -0.1) is 22.7 Å². The fourth-order valence-electron chi connectivity index (χ4n) is 7.22. The fraction of sp³-hybridized carbons (Fsp3) is 0. The van der Waals surface area contributed by atoms with Gasteiger partial charge in [-0.1, -0.05) is 109 Å². The first-order valence-corrected chi connectivity index (χ1v) is 17.6. The molecule has 2 heterocycles. The highest BCUT2D eigenvalue weighted by atomic mass is 32.1. The predicted molar refractivity (Wildman–Crippen MR) is 207 cm³/mol. The number of nitrogens with zero attached hydrogens (tertiary/aromatic N) is 1. The second-order valence-electron chi connectivity index (χ2n) is 12.1. The summed E-state index contributed by atoms with van der Waals surface area (Å²) in [7, 11) is 0. The Balaban J connectivity index is 1.20. The molecule has 1 nitrogen and oxygen atoms in total. The Bertz CT molecular complexity index is 2820. The first kappa shape index (κ1) is 26.7. The number of anilines is 3. The van der Waals surface area contributed by atoms with Gasteiger partial charge in [-0.05, 0) is 81.9 Å². The lowest BCUT2D eigenvalue weighted by Crippen LogP contribution is -2.10. The van der Waals surface area contributed by atoms with Crippen LogP contribution >= 0.6 is 22.7 Å². The summed E-state index contributed by atoms with van der Waals surface area (Å²) >= 11 is 3.73. The van der Waals surface area contributed by atoms with E-state index in [9.17, 15) is 0 Å². The third kappa shape index (κ3) is 4.28. The molecule has 220 valence electrons. The molecule has 10 aromatic rings. The van der Waals surface area contributed by atoms with Gasteiger partial charge < -0.3 is 4.90 Å². The van der Waals surface area contributed by atoms with Crippen LogP contribution in [0.5, 0.6) is 0 Å². The van der Waals surface area contributed by atoms with Crippen molar-refractivity contribution in [2.45, 2.75) is 0 Å². The molecular weight excluding hydrogens is 607 g/mol. The van der Waals surface area contributed by atoms with E-state index in [0.29, 0.717) is 0 Å². The third-order valence-electron chi connectivity index (χ3n) is 9.44. The third-order valence-corrected chi connectivity index (χ3v) is 11.7. The van der Waals surface area contributed by atoms with Gasteiger partial charge in [0.25, 0.3) is 0 Å². The summed E-state index contributed by atoms with van der Waals surface area (Å²) in [4.78, 5) is 2.44. The van der Waals surface area contributed by atoms with Crippen LogP contribution < -0.4 is 4.90 Å². The minimum Gasteiger partial charge on any atom is -0.310 e. The number of rotatable bonds is 4. The average Bonchev–Trinajstić information content (AvgIpc) is 3.69. The van der Waals surface area contributed by atoms with E-state index in [-0.39, 0.29) is 0 Å². The Hall–Kier alpha value is -5.48. The summed E-state index contributed by atoms with van der Waals surface area (Å²) in [5, 5.41) is 10.2. The van der Waals surface area contributed by atoms with Crippen molar-refractivity contribution >= 4 is 102 Å². The van der Waals surface area contributed by atoms with Gasteiger partial charge in [0.15, 0.2) is 0 Å². The molecular formula is C44H27NS2. The number of thiophene rings is 2. The Labute approximate surface area is 280 Å². The van der Waals surface area contributed by atoms with Crippen LogP contribution in [0.4, 0.5) is 17.1 Å². The van der Waals surface area contributed by atoms with Gasteiger partial charge in [0.05, 0.1) is 5.69 Å². The van der Waals surface area contributed by atoms with Crippen molar-refractivity contribution < 1.29 is 0 Å². The molecule has 0 saturated carbocycles. The number of fused-ring (bicyclic) bond motifs is 8. The quantitative estimate of drug-likeness (QED) is 0.186. The van der Waals surface area contributed by atoms with Crippen LogP contribution in [0, 0.1) is 0 Å². The summed E-state index contributed by atoms with van der Waals surface area (Å²) in [6, 6.07) is 60.3. The van der Waals surface area contributed by atoms with Crippen LogP contribution in [-0.4, -0.2) is 0 Å². The lowest BCUT2D eigenvalue weighted by Gasteiger charge is -2.28. The summed E-state index contributed by atoms with van der Waals surface area (Å²) in [6.07, 6.45) is 0. The molecule has 0 saturated heterocycles. The maximum atomic E-state index is 2.44. The second-order valence-corrected chi connectivity index (χ2v) is 14.3. The van der Waals surface area contributed by atoms with Crippen molar-refractivity contribution in [3.05, 3.63) is 164 Å². The zero-order chi connectivity index (χ0) is 30.9. The topological polar surface area (TPSA) is 3.24 Å². The van der Waals surface area contributed by atoms with Crippen LogP contribution in [0.1, 0.15) is 0 Å². The van der Waals surface area contributed by atoms with E-state index in [1.807, 2.05) is 22.7 Å². The first-order valence-electron chi connectivity index (χ1n) is 15.9.